The molecule has 0 aliphatic carbocycles. The van der Waals surface area contributed by atoms with Crippen molar-refractivity contribution in [3.05, 3.63) is 18.0 Å². The Balaban J connectivity index is 2.54. The van der Waals surface area contributed by atoms with Crippen LogP contribution in [0, 0.1) is 5.41 Å². The van der Waals surface area contributed by atoms with Crippen molar-refractivity contribution >= 4 is 5.84 Å². The Morgan fingerprint density at radius 2 is 2.38 bits per heavy atom. The zero-order valence-electron chi connectivity index (χ0n) is 8.41. The molecule has 0 saturated carbocycles. The number of amidine groups is 1. The molecule has 4 heteroatoms. The highest BCUT2D eigenvalue weighted by Gasteiger charge is 2.03. The minimum Gasteiger partial charge on any atom is -0.359 e. The number of hydrogen-bond donors (Lipinski definition) is 1. The van der Waals surface area contributed by atoms with Crippen molar-refractivity contribution in [2.24, 2.45) is 7.05 Å². The van der Waals surface area contributed by atoms with Crippen LogP contribution in [-0.4, -0.2) is 27.6 Å². The molecule has 0 fully saturated rings. The van der Waals surface area contributed by atoms with E-state index >= 15 is 0 Å². The third-order valence-electron chi connectivity index (χ3n) is 1.97. The molecular formula is C9H16N4. The molecule has 0 aromatic carbocycles. The molecule has 0 aliphatic rings. The molecule has 0 amide bonds. The van der Waals surface area contributed by atoms with E-state index in [1.165, 1.54) is 0 Å². The van der Waals surface area contributed by atoms with Crippen LogP contribution in [0.4, 0.5) is 0 Å². The van der Waals surface area contributed by atoms with Gasteiger partial charge >= 0.3 is 0 Å². The van der Waals surface area contributed by atoms with Gasteiger partial charge in [-0.1, -0.05) is 6.92 Å². The largest absolute Gasteiger partial charge is 0.359 e. The first-order valence-electron chi connectivity index (χ1n) is 4.39. The van der Waals surface area contributed by atoms with Crippen LogP contribution in [0.25, 0.3) is 0 Å². The van der Waals surface area contributed by atoms with E-state index in [9.17, 15) is 0 Å². The van der Waals surface area contributed by atoms with Crippen LogP contribution in [0.15, 0.2) is 12.4 Å². The summed E-state index contributed by atoms with van der Waals surface area (Å²) in [6, 6.07) is 0. The Kier molecular flexibility index (Phi) is 3.06. The zero-order valence-corrected chi connectivity index (χ0v) is 8.41. The van der Waals surface area contributed by atoms with Crippen LogP contribution < -0.4 is 0 Å². The third kappa shape index (κ3) is 2.57. The van der Waals surface area contributed by atoms with E-state index in [2.05, 4.69) is 5.10 Å². The van der Waals surface area contributed by atoms with Crippen molar-refractivity contribution in [3.8, 4) is 0 Å². The van der Waals surface area contributed by atoms with E-state index in [4.69, 9.17) is 5.41 Å². The average Bonchev–Trinajstić information content (AvgIpc) is 2.49. The first-order valence-corrected chi connectivity index (χ1v) is 4.39. The first kappa shape index (κ1) is 9.77. The molecule has 0 bridgehead atoms. The summed E-state index contributed by atoms with van der Waals surface area (Å²) in [5.74, 6) is 0.656. The molecule has 0 saturated heterocycles. The summed E-state index contributed by atoms with van der Waals surface area (Å²) in [4.78, 5) is 1.93. The summed E-state index contributed by atoms with van der Waals surface area (Å²) < 4.78 is 1.78. The van der Waals surface area contributed by atoms with Crippen LogP contribution in [0.3, 0.4) is 0 Å². The minimum atomic E-state index is 0.656. The fourth-order valence-corrected chi connectivity index (χ4v) is 1.19. The molecule has 1 heterocycles. The second-order valence-electron chi connectivity index (χ2n) is 3.18. The van der Waals surface area contributed by atoms with Crippen molar-refractivity contribution in [1.29, 1.82) is 5.41 Å². The summed E-state index contributed by atoms with van der Waals surface area (Å²) >= 11 is 0. The smallest absolute Gasteiger partial charge is 0.0955 e. The van der Waals surface area contributed by atoms with Gasteiger partial charge in [0.15, 0.2) is 0 Å². The summed E-state index contributed by atoms with van der Waals surface area (Å²) in [5, 5.41) is 11.7. The van der Waals surface area contributed by atoms with Gasteiger partial charge in [-0.05, 0) is 0 Å². The Bertz CT molecular complexity index is 290. The lowest BCUT2D eigenvalue weighted by Crippen LogP contribution is -2.24. The van der Waals surface area contributed by atoms with Gasteiger partial charge in [-0.25, -0.2) is 0 Å². The van der Waals surface area contributed by atoms with Gasteiger partial charge in [0.05, 0.1) is 12.0 Å². The fourth-order valence-electron chi connectivity index (χ4n) is 1.19. The second kappa shape index (κ2) is 4.07. The quantitative estimate of drug-likeness (QED) is 0.562. The molecular weight excluding hydrogens is 164 g/mol. The van der Waals surface area contributed by atoms with E-state index < -0.39 is 0 Å². The van der Waals surface area contributed by atoms with E-state index in [1.54, 1.807) is 4.68 Å². The van der Waals surface area contributed by atoms with Crippen LogP contribution in [0.5, 0.6) is 0 Å². The van der Waals surface area contributed by atoms with E-state index in [0.717, 1.165) is 18.5 Å². The topological polar surface area (TPSA) is 44.9 Å². The zero-order chi connectivity index (χ0) is 9.84. The van der Waals surface area contributed by atoms with Crippen LogP contribution in [-0.2, 0) is 13.6 Å². The molecule has 0 atom stereocenters. The summed E-state index contributed by atoms with van der Waals surface area (Å²) in [6.45, 7) is 2.75. The highest BCUT2D eigenvalue weighted by molar-refractivity contribution is 5.78. The van der Waals surface area contributed by atoms with E-state index in [0.29, 0.717) is 5.84 Å². The van der Waals surface area contributed by atoms with Gasteiger partial charge in [-0.2, -0.15) is 5.10 Å². The predicted molar refractivity (Wildman–Crippen MR) is 52.7 cm³/mol. The average molecular weight is 180 g/mol. The van der Waals surface area contributed by atoms with E-state index in [-0.39, 0.29) is 0 Å². The highest BCUT2D eigenvalue weighted by atomic mass is 15.2. The molecule has 1 aromatic rings. The number of aromatic nitrogens is 2. The Hall–Kier alpha value is -1.32. The van der Waals surface area contributed by atoms with Crippen LogP contribution in [0.1, 0.15) is 18.9 Å². The molecule has 0 aliphatic heterocycles. The van der Waals surface area contributed by atoms with Crippen molar-refractivity contribution in [1.82, 2.24) is 14.7 Å². The number of nitrogens with zero attached hydrogens (tertiary/aromatic N) is 3. The molecule has 0 spiro atoms. The summed E-state index contributed by atoms with van der Waals surface area (Å²) in [7, 11) is 3.83. The maximum absolute atomic E-state index is 7.60. The lowest BCUT2D eigenvalue weighted by atomic mass is 10.3. The van der Waals surface area contributed by atoms with Crippen LogP contribution in [0.2, 0.25) is 0 Å². The van der Waals surface area contributed by atoms with Gasteiger partial charge in [0.25, 0.3) is 0 Å². The van der Waals surface area contributed by atoms with Gasteiger partial charge in [-0.3, -0.25) is 10.1 Å². The predicted octanol–water partition coefficient (Wildman–Crippen LogP) is 1.24. The molecule has 0 unspecified atom stereocenters. The molecule has 1 aromatic heterocycles. The van der Waals surface area contributed by atoms with Crippen molar-refractivity contribution in [2.75, 3.05) is 7.05 Å². The van der Waals surface area contributed by atoms with Gasteiger partial charge in [0.1, 0.15) is 0 Å². The van der Waals surface area contributed by atoms with Crippen molar-refractivity contribution in [3.63, 3.8) is 0 Å². The lowest BCUT2D eigenvalue weighted by Gasteiger charge is -2.17. The standard InChI is InChI=1S/C9H16N4/c1-4-9(10)12(2)6-8-5-11-13(3)7-8/h5,7,10H,4,6H2,1-3H3. The molecule has 13 heavy (non-hydrogen) atoms. The molecule has 1 N–H and O–H groups in total. The maximum Gasteiger partial charge on any atom is 0.0955 e. The Morgan fingerprint density at radius 3 is 2.85 bits per heavy atom. The van der Waals surface area contributed by atoms with Gasteiger partial charge in [0, 0.05) is 38.8 Å². The SMILES string of the molecule is CCC(=N)N(C)Cc1cnn(C)c1. The Labute approximate surface area is 78.7 Å². The molecule has 4 nitrogen and oxygen atoms in total. The monoisotopic (exact) mass is 180 g/mol. The van der Waals surface area contributed by atoms with Gasteiger partial charge in [0.2, 0.25) is 0 Å². The molecule has 0 radical (unpaired) electrons. The van der Waals surface area contributed by atoms with Crippen LogP contribution >= 0.6 is 0 Å². The third-order valence-corrected chi connectivity index (χ3v) is 1.97. The molecule has 72 valence electrons. The van der Waals surface area contributed by atoms with Crippen molar-refractivity contribution in [2.45, 2.75) is 19.9 Å². The molecule has 1 rings (SSSR count). The lowest BCUT2D eigenvalue weighted by molar-refractivity contribution is 0.487. The fraction of sp³-hybridized carbons (Fsp3) is 0.556. The van der Waals surface area contributed by atoms with E-state index in [1.807, 2.05) is 38.3 Å². The number of aryl methyl sites for hydroxylation is 1. The maximum atomic E-state index is 7.60. The Morgan fingerprint density at radius 1 is 1.69 bits per heavy atom. The highest BCUT2D eigenvalue weighted by Crippen LogP contribution is 2.02. The van der Waals surface area contributed by atoms with Gasteiger partial charge in [-0.15, -0.1) is 0 Å². The second-order valence-corrected chi connectivity index (χ2v) is 3.18. The summed E-state index contributed by atoms with van der Waals surface area (Å²) in [5.41, 5.74) is 1.14. The number of nitrogens with one attached hydrogen (secondary N) is 1. The number of hydrogen-bond acceptors (Lipinski definition) is 2. The summed E-state index contributed by atoms with van der Waals surface area (Å²) in [6.07, 6.45) is 4.58. The normalized spacial score (nSPS) is 10.1. The number of rotatable bonds is 3. The first-order chi connectivity index (χ1) is 6.13. The van der Waals surface area contributed by atoms with Gasteiger partial charge < -0.3 is 4.90 Å². The van der Waals surface area contributed by atoms with Crippen molar-refractivity contribution < 1.29 is 0 Å². The minimum absolute atomic E-state index is 0.656.